The number of rotatable bonds is 8. The van der Waals surface area contributed by atoms with Crippen LogP contribution in [0.15, 0.2) is 60.7 Å². The lowest BCUT2D eigenvalue weighted by Crippen LogP contribution is -2.43. The fraction of sp³-hybridized carbons (Fsp3) is 0.455. The second-order valence-corrected chi connectivity index (χ2v) is 7.29. The molecule has 25 heavy (non-hydrogen) atoms. The fourth-order valence-corrected chi connectivity index (χ4v) is 4.15. The van der Waals surface area contributed by atoms with Crippen LogP contribution in [-0.4, -0.2) is 36.7 Å². The first-order chi connectivity index (χ1) is 12.4. The topological polar surface area (TPSA) is 21.7 Å². The van der Waals surface area contributed by atoms with Gasteiger partial charge in [-0.15, -0.1) is 0 Å². The van der Waals surface area contributed by atoms with Crippen molar-refractivity contribution in [2.24, 2.45) is 5.92 Å². The van der Waals surface area contributed by atoms with E-state index in [1.54, 1.807) is 0 Å². The van der Waals surface area contributed by atoms with E-state index in [2.05, 4.69) is 53.4 Å². The minimum Gasteiger partial charge on any atom is -0.374 e. The molecule has 0 radical (unpaired) electrons. The number of benzene rings is 2. The highest BCUT2D eigenvalue weighted by Gasteiger charge is 2.41. The predicted octanol–water partition coefficient (Wildman–Crippen LogP) is 3.88. The van der Waals surface area contributed by atoms with E-state index in [0.717, 1.165) is 5.92 Å². The normalized spacial score (nSPS) is 26.0. The van der Waals surface area contributed by atoms with Gasteiger partial charge in [0.05, 0.1) is 25.9 Å². The third-order valence-electron chi connectivity index (χ3n) is 5.49. The van der Waals surface area contributed by atoms with Crippen molar-refractivity contribution in [1.29, 1.82) is 0 Å². The van der Waals surface area contributed by atoms with Crippen molar-refractivity contribution in [3.05, 3.63) is 71.8 Å². The van der Waals surface area contributed by atoms with Crippen molar-refractivity contribution < 1.29 is 9.47 Å². The minimum absolute atomic E-state index is 0.147. The van der Waals surface area contributed by atoms with Crippen LogP contribution in [0.25, 0.3) is 0 Å². The average molecular weight is 337 g/mol. The molecule has 0 aliphatic carbocycles. The molecule has 4 atom stereocenters. The van der Waals surface area contributed by atoms with Gasteiger partial charge < -0.3 is 9.47 Å². The van der Waals surface area contributed by atoms with Gasteiger partial charge in [-0.05, 0) is 36.4 Å². The molecule has 0 spiro atoms. The molecule has 4 rings (SSSR count). The van der Waals surface area contributed by atoms with Crippen LogP contribution < -0.4 is 0 Å². The van der Waals surface area contributed by atoms with Crippen LogP contribution in [0.1, 0.15) is 24.0 Å². The standard InChI is InChI=1S/C22H27NO2/c1-3-7-18(8-4-1)15-24-17-22(21-13-20-11-12-23(21)14-20)25-16-19-9-5-2-6-10-19/h1-10,20-22H,11-17H2/t20-,21+,22+/m0/s1. The summed E-state index contributed by atoms with van der Waals surface area (Å²) >= 11 is 0. The molecule has 2 aromatic rings. The van der Waals surface area contributed by atoms with Gasteiger partial charge in [0.1, 0.15) is 0 Å². The molecule has 2 heterocycles. The third-order valence-corrected chi connectivity index (χ3v) is 5.49. The van der Waals surface area contributed by atoms with Crippen LogP contribution in [0, 0.1) is 5.92 Å². The maximum absolute atomic E-state index is 6.34. The van der Waals surface area contributed by atoms with Crippen molar-refractivity contribution in [1.82, 2.24) is 4.90 Å². The van der Waals surface area contributed by atoms with E-state index in [-0.39, 0.29) is 6.10 Å². The molecule has 3 heteroatoms. The lowest BCUT2D eigenvalue weighted by atomic mass is 9.97. The molecule has 132 valence electrons. The number of ether oxygens (including phenoxy) is 2. The number of fused-ring (bicyclic) bond motifs is 2. The molecule has 0 aromatic heterocycles. The summed E-state index contributed by atoms with van der Waals surface area (Å²) in [6, 6.07) is 21.3. The second-order valence-electron chi connectivity index (χ2n) is 7.29. The van der Waals surface area contributed by atoms with Gasteiger partial charge in [0.15, 0.2) is 0 Å². The van der Waals surface area contributed by atoms with Gasteiger partial charge in [-0.3, -0.25) is 4.90 Å². The van der Waals surface area contributed by atoms with Crippen molar-refractivity contribution >= 4 is 0 Å². The Kier molecular flexibility index (Phi) is 5.46. The summed E-state index contributed by atoms with van der Waals surface area (Å²) in [5.41, 5.74) is 2.45. The van der Waals surface area contributed by atoms with E-state index < -0.39 is 0 Å². The summed E-state index contributed by atoms with van der Waals surface area (Å²) in [4.78, 5) is 2.60. The molecule has 2 bridgehead atoms. The van der Waals surface area contributed by atoms with Gasteiger partial charge in [-0.2, -0.15) is 0 Å². The number of hydrogen-bond acceptors (Lipinski definition) is 3. The van der Waals surface area contributed by atoms with E-state index in [1.165, 1.54) is 37.1 Å². The molecule has 3 nitrogen and oxygen atoms in total. The summed E-state index contributed by atoms with van der Waals surface area (Å²) in [5.74, 6) is 0.863. The molecule has 0 amide bonds. The largest absolute Gasteiger partial charge is 0.374 e. The van der Waals surface area contributed by atoms with Crippen molar-refractivity contribution in [2.45, 2.75) is 38.2 Å². The smallest absolute Gasteiger partial charge is 0.0967 e. The zero-order chi connectivity index (χ0) is 16.9. The lowest BCUT2D eigenvalue weighted by Gasteiger charge is -2.32. The molecule has 2 saturated heterocycles. The second kappa shape index (κ2) is 8.13. The van der Waals surface area contributed by atoms with Gasteiger partial charge in [0.25, 0.3) is 0 Å². The summed E-state index contributed by atoms with van der Waals surface area (Å²) in [7, 11) is 0. The van der Waals surface area contributed by atoms with Gasteiger partial charge in [0.2, 0.25) is 0 Å². The number of nitrogens with zero attached hydrogens (tertiary/aromatic N) is 1. The highest BCUT2D eigenvalue weighted by Crippen LogP contribution is 2.35. The van der Waals surface area contributed by atoms with Crippen molar-refractivity contribution in [2.75, 3.05) is 19.7 Å². The van der Waals surface area contributed by atoms with E-state index >= 15 is 0 Å². The Hall–Kier alpha value is -1.68. The summed E-state index contributed by atoms with van der Waals surface area (Å²) in [6.07, 6.45) is 2.76. The Morgan fingerprint density at radius 1 is 0.920 bits per heavy atom. The van der Waals surface area contributed by atoms with Gasteiger partial charge in [-0.25, -0.2) is 0 Å². The van der Waals surface area contributed by atoms with E-state index in [4.69, 9.17) is 9.47 Å². The molecular formula is C22H27NO2. The quantitative estimate of drug-likeness (QED) is 0.729. The van der Waals surface area contributed by atoms with Gasteiger partial charge in [0, 0.05) is 12.6 Å². The maximum Gasteiger partial charge on any atom is 0.0967 e. The van der Waals surface area contributed by atoms with Crippen molar-refractivity contribution in [3.63, 3.8) is 0 Å². The Balaban J connectivity index is 1.35. The number of piperidine rings is 1. The van der Waals surface area contributed by atoms with E-state index in [9.17, 15) is 0 Å². The lowest BCUT2D eigenvalue weighted by molar-refractivity contribution is -0.0665. The summed E-state index contributed by atoms with van der Waals surface area (Å²) < 4.78 is 12.4. The zero-order valence-electron chi connectivity index (χ0n) is 14.7. The first-order valence-corrected chi connectivity index (χ1v) is 9.40. The zero-order valence-corrected chi connectivity index (χ0v) is 14.7. The van der Waals surface area contributed by atoms with Crippen LogP contribution in [0.4, 0.5) is 0 Å². The minimum atomic E-state index is 0.147. The van der Waals surface area contributed by atoms with Crippen LogP contribution >= 0.6 is 0 Å². The Morgan fingerprint density at radius 3 is 2.20 bits per heavy atom. The van der Waals surface area contributed by atoms with Gasteiger partial charge >= 0.3 is 0 Å². The highest BCUT2D eigenvalue weighted by molar-refractivity contribution is 5.14. The van der Waals surface area contributed by atoms with Gasteiger partial charge in [-0.1, -0.05) is 60.7 Å². The SMILES string of the molecule is c1ccc(COC[C@@H](OCc2ccccc2)[C@H]2C[C@@H]3CCN2C3)cc1. The molecular weight excluding hydrogens is 310 g/mol. The first kappa shape index (κ1) is 16.8. The average Bonchev–Trinajstić information content (AvgIpc) is 3.30. The fourth-order valence-electron chi connectivity index (χ4n) is 4.15. The molecule has 2 aliphatic heterocycles. The molecule has 0 N–H and O–H groups in total. The maximum atomic E-state index is 6.34. The Morgan fingerprint density at radius 2 is 1.60 bits per heavy atom. The van der Waals surface area contributed by atoms with Crippen LogP contribution in [0.2, 0.25) is 0 Å². The predicted molar refractivity (Wildman–Crippen MR) is 99.2 cm³/mol. The van der Waals surface area contributed by atoms with Crippen LogP contribution in [-0.2, 0) is 22.7 Å². The first-order valence-electron chi connectivity index (χ1n) is 9.40. The molecule has 2 aliphatic rings. The molecule has 1 unspecified atom stereocenters. The van der Waals surface area contributed by atoms with E-state index in [0.29, 0.717) is 25.9 Å². The summed E-state index contributed by atoms with van der Waals surface area (Å²) in [5, 5.41) is 0. The highest BCUT2D eigenvalue weighted by atomic mass is 16.5. The molecule has 0 saturated carbocycles. The van der Waals surface area contributed by atoms with E-state index in [1.807, 2.05) is 12.1 Å². The number of hydrogen-bond donors (Lipinski definition) is 0. The van der Waals surface area contributed by atoms with Crippen LogP contribution in [0.3, 0.4) is 0 Å². The summed E-state index contributed by atoms with van der Waals surface area (Å²) in [6.45, 7) is 4.45. The van der Waals surface area contributed by atoms with Crippen molar-refractivity contribution in [3.8, 4) is 0 Å². The monoisotopic (exact) mass is 337 g/mol. The Bertz CT molecular complexity index is 646. The molecule has 2 aromatic carbocycles. The van der Waals surface area contributed by atoms with Crippen LogP contribution in [0.5, 0.6) is 0 Å². The third kappa shape index (κ3) is 4.30. The Labute approximate surface area is 150 Å². The molecule has 2 fully saturated rings.